The number of hydrogen-bond acceptors (Lipinski definition) is 3. The zero-order chi connectivity index (χ0) is 18.7. The molecule has 0 bridgehead atoms. The van der Waals surface area contributed by atoms with E-state index in [9.17, 15) is 4.79 Å². The Labute approximate surface area is 152 Å². The van der Waals surface area contributed by atoms with Crippen molar-refractivity contribution >= 4 is 11.8 Å². The number of benzene rings is 1. The summed E-state index contributed by atoms with van der Waals surface area (Å²) in [5.74, 6) is 0. The lowest BCUT2D eigenvalue weighted by Crippen LogP contribution is -2.37. The number of ether oxygens (including phenoxy) is 1. The van der Waals surface area contributed by atoms with Gasteiger partial charge >= 0.3 is 6.09 Å². The van der Waals surface area contributed by atoms with Gasteiger partial charge in [-0.2, -0.15) is 0 Å². The second kappa shape index (κ2) is 7.67. The fourth-order valence-corrected chi connectivity index (χ4v) is 3.05. The van der Waals surface area contributed by atoms with E-state index in [0.29, 0.717) is 6.04 Å². The van der Waals surface area contributed by atoms with Crippen LogP contribution in [0.15, 0.2) is 24.3 Å². The van der Waals surface area contributed by atoms with Crippen molar-refractivity contribution in [2.45, 2.75) is 77.9 Å². The van der Waals surface area contributed by atoms with Gasteiger partial charge in [0, 0.05) is 24.8 Å². The molecule has 1 aliphatic rings. The minimum Gasteiger partial charge on any atom is -0.444 e. The Morgan fingerprint density at radius 2 is 1.68 bits per heavy atom. The van der Waals surface area contributed by atoms with E-state index in [1.807, 2.05) is 25.7 Å². The van der Waals surface area contributed by atoms with E-state index in [1.165, 1.54) is 5.56 Å². The molecule has 1 unspecified atom stereocenters. The second-order valence-corrected chi connectivity index (χ2v) is 9.07. The Hall–Kier alpha value is -1.71. The SMILES string of the molecule is CC(C)(C)OC(=O)N1CCCC(Nc2ccc(C(C)(C)C)cc2)CC1. The molecule has 2 rings (SSSR count). The van der Waals surface area contributed by atoms with Crippen LogP contribution < -0.4 is 5.32 Å². The van der Waals surface area contributed by atoms with E-state index in [4.69, 9.17) is 4.74 Å². The number of likely N-dealkylation sites (tertiary alicyclic amines) is 1. The number of amides is 1. The summed E-state index contributed by atoms with van der Waals surface area (Å²) in [6.07, 6.45) is 2.82. The lowest BCUT2D eigenvalue weighted by molar-refractivity contribution is 0.0256. The maximum atomic E-state index is 12.2. The van der Waals surface area contributed by atoms with Crippen LogP contribution >= 0.6 is 0 Å². The predicted molar refractivity (Wildman–Crippen MR) is 104 cm³/mol. The molecule has 1 heterocycles. The summed E-state index contributed by atoms with van der Waals surface area (Å²) in [6, 6.07) is 9.12. The number of carbonyl (C=O) groups is 1. The molecule has 1 fully saturated rings. The smallest absolute Gasteiger partial charge is 0.410 e. The summed E-state index contributed by atoms with van der Waals surface area (Å²) in [5.41, 5.74) is 2.24. The molecule has 0 spiro atoms. The summed E-state index contributed by atoms with van der Waals surface area (Å²) in [6.45, 7) is 13.9. The molecule has 1 saturated heterocycles. The summed E-state index contributed by atoms with van der Waals surface area (Å²) in [7, 11) is 0. The van der Waals surface area contributed by atoms with E-state index >= 15 is 0 Å². The Morgan fingerprint density at radius 3 is 2.24 bits per heavy atom. The van der Waals surface area contributed by atoms with E-state index in [1.54, 1.807) is 0 Å². The van der Waals surface area contributed by atoms with Gasteiger partial charge in [0.05, 0.1) is 0 Å². The Morgan fingerprint density at radius 1 is 1.04 bits per heavy atom. The fraction of sp³-hybridized carbons (Fsp3) is 0.667. The molecule has 0 aliphatic carbocycles. The van der Waals surface area contributed by atoms with Crippen molar-refractivity contribution in [3.05, 3.63) is 29.8 Å². The average molecular weight is 347 g/mol. The number of nitrogens with one attached hydrogen (secondary N) is 1. The molecule has 1 atom stereocenters. The summed E-state index contributed by atoms with van der Waals surface area (Å²) >= 11 is 0. The van der Waals surface area contributed by atoms with Crippen LogP contribution in [-0.4, -0.2) is 35.7 Å². The van der Waals surface area contributed by atoms with Crippen LogP contribution in [0.1, 0.15) is 66.4 Å². The first-order chi connectivity index (χ1) is 11.5. The topological polar surface area (TPSA) is 41.6 Å². The molecule has 1 aromatic carbocycles. The zero-order valence-corrected chi connectivity index (χ0v) is 16.7. The monoisotopic (exact) mass is 346 g/mol. The number of carbonyl (C=O) groups excluding carboxylic acids is 1. The minimum atomic E-state index is -0.435. The van der Waals surface area contributed by atoms with Crippen molar-refractivity contribution in [1.82, 2.24) is 4.90 Å². The molecular weight excluding hydrogens is 312 g/mol. The first kappa shape index (κ1) is 19.6. The van der Waals surface area contributed by atoms with Crippen LogP contribution in [0, 0.1) is 0 Å². The third-order valence-electron chi connectivity index (χ3n) is 4.50. The largest absolute Gasteiger partial charge is 0.444 e. The molecule has 4 heteroatoms. The van der Waals surface area contributed by atoms with Gasteiger partial charge in [-0.1, -0.05) is 32.9 Å². The van der Waals surface area contributed by atoms with Crippen molar-refractivity contribution in [2.75, 3.05) is 18.4 Å². The van der Waals surface area contributed by atoms with Crippen molar-refractivity contribution in [2.24, 2.45) is 0 Å². The van der Waals surface area contributed by atoms with Crippen molar-refractivity contribution in [3.8, 4) is 0 Å². The van der Waals surface area contributed by atoms with E-state index in [-0.39, 0.29) is 11.5 Å². The van der Waals surface area contributed by atoms with Gasteiger partial charge in [-0.05, 0) is 63.1 Å². The highest BCUT2D eigenvalue weighted by Crippen LogP contribution is 2.25. The number of anilines is 1. The fourth-order valence-electron chi connectivity index (χ4n) is 3.05. The summed E-state index contributed by atoms with van der Waals surface area (Å²) in [5, 5.41) is 3.63. The maximum Gasteiger partial charge on any atom is 0.410 e. The molecule has 25 heavy (non-hydrogen) atoms. The van der Waals surface area contributed by atoms with Gasteiger partial charge in [-0.25, -0.2) is 4.79 Å². The van der Waals surface area contributed by atoms with Crippen LogP contribution in [0.2, 0.25) is 0 Å². The van der Waals surface area contributed by atoms with Gasteiger partial charge in [0.15, 0.2) is 0 Å². The zero-order valence-electron chi connectivity index (χ0n) is 16.7. The average Bonchev–Trinajstić information content (AvgIpc) is 2.71. The van der Waals surface area contributed by atoms with Crippen molar-refractivity contribution in [3.63, 3.8) is 0 Å². The summed E-state index contributed by atoms with van der Waals surface area (Å²) < 4.78 is 5.50. The van der Waals surface area contributed by atoms with Gasteiger partial charge in [-0.15, -0.1) is 0 Å². The standard InChI is InChI=1S/C21H34N2O2/c1-20(2,3)16-9-11-18(12-10-16)22-17-8-7-14-23(15-13-17)19(24)25-21(4,5)6/h9-12,17,22H,7-8,13-15H2,1-6H3. The number of nitrogens with zero attached hydrogens (tertiary/aromatic N) is 1. The summed E-state index contributed by atoms with van der Waals surface area (Å²) in [4.78, 5) is 14.1. The van der Waals surface area contributed by atoms with E-state index in [0.717, 1.165) is 38.0 Å². The Bertz CT molecular complexity index is 567. The first-order valence-electron chi connectivity index (χ1n) is 9.39. The lowest BCUT2D eigenvalue weighted by Gasteiger charge is -2.26. The molecule has 0 saturated carbocycles. The van der Waals surface area contributed by atoms with E-state index in [2.05, 4.69) is 50.4 Å². The highest BCUT2D eigenvalue weighted by molar-refractivity contribution is 5.68. The quantitative estimate of drug-likeness (QED) is 0.801. The molecule has 140 valence electrons. The molecule has 4 nitrogen and oxygen atoms in total. The normalized spacial score (nSPS) is 19.3. The van der Waals surface area contributed by atoms with E-state index < -0.39 is 5.60 Å². The molecule has 0 aromatic heterocycles. The maximum absolute atomic E-state index is 12.2. The highest BCUT2D eigenvalue weighted by atomic mass is 16.6. The van der Waals surface area contributed by atoms with Crippen LogP contribution in [-0.2, 0) is 10.2 Å². The second-order valence-electron chi connectivity index (χ2n) is 9.07. The Kier molecular flexibility index (Phi) is 6.02. The van der Waals surface area contributed by atoms with Crippen LogP contribution in [0.3, 0.4) is 0 Å². The lowest BCUT2D eigenvalue weighted by atomic mass is 9.87. The van der Waals surface area contributed by atoms with Crippen molar-refractivity contribution in [1.29, 1.82) is 0 Å². The minimum absolute atomic E-state index is 0.175. The van der Waals surface area contributed by atoms with Crippen LogP contribution in [0.5, 0.6) is 0 Å². The molecule has 0 radical (unpaired) electrons. The van der Waals surface area contributed by atoms with Gasteiger partial charge in [0.25, 0.3) is 0 Å². The third kappa shape index (κ3) is 6.26. The van der Waals surface area contributed by atoms with Crippen molar-refractivity contribution < 1.29 is 9.53 Å². The molecule has 1 aromatic rings. The molecule has 1 amide bonds. The Balaban J connectivity index is 1.90. The van der Waals surface area contributed by atoms with Crippen LogP contribution in [0.25, 0.3) is 0 Å². The van der Waals surface area contributed by atoms with Gasteiger partial charge in [0.2, 0.25) is 0 Å². The third-order valence-corrected chi connectivity index (χ3v) is 4.50. The molecular formula is C21H34N2O2. The van der Waals surface area contributed by atoms with Crippen LogP contribution in [0.4, 0.5) is 10.5 Å². The number of rotatable bonds is 2. The molecule has 1 aliphatic heterocycles. The molecule has 1 N–H and O–H groups in total. The highest BCUT2D eigenvalue weighted by Gasteiger charge is 2.25. The number of hydrogen-bond donors (Lipinski definition) is 1. The van der Waals surface area contributed by atoms with Gasteiger partial charge in [-0.3, -0.25) is 0 Å². The first-order valence-corrected chi connectivity index (χ1v) is 9.39. The van der Waals surface area contributed by atoms with Gasteiger partial charge < -0.3 is 15.0 Å². The predicted octanol–water partition coefficient (Wildman–Crippen LogP) is 5.19. The van der Waals surface area contributed by atoms with Gasteiger partial charge in [0.1, 0.15) is 5.60 Å².